The lowest BCUT2D eigenvalue weighted by atomic mass is 10.1. The predicted octanol–water partition coefficient (Wildman–Crippen LogP) is 5.88. The van der Waals surface area contributed by atoms with E-state index in [1.165, 1.54) is 5.56 Å². The number of methoxy groups -OCH3 is 2. The van der Waals surface area contributed by atoms with Gasteiger partial charge in [0.05, 0.1) is 43.0 Å². The number of morpholine rings is 1. The van der Waals surface area contributed by atoms with Crippen molar-refractivity contribution in [3.63, 3.8) is 0 Å². The van der Waals surface area contributed by atoms with Gasteiger partial charge in [-0.3, -0.25) is 4.90 Å². The number of carboxylic acids is 1. The molecule has 0 saturated carbocycles. The van der Waals surface area contributed by atoms with Gasteiger partial charge in [-0.15, -0.1) is 10.2 Å². The maximum atomic E-state index is 10.6. The first-order valence-electron chi connectivity index (χ1n) is 15.0. The summed E-state index contributed by atoms with van der Waals surface area (Å²) in [6, 6.07) is 18.1. The van der Waals surface area contributed by atoms with Crippen molar-refractivity contribution in [2.75, 3.05) is 27.3 Å². The number of carboxylic acid groups (broad SMARTS) is 1. The topological polar surface area (TPSA) is 129 Å². The molecule has 252 valence electrons. The van der Waals surface area contributed by atoms with Gasteiger partial charge in [-0.25, -0.2) is 4.79 Å². The maximum Gasteiger partial charge on any atom is 0.490 e. The zero-order chi connectivity index (χ0) is 34.6. The first-order valence-corrected chi connectivity index (χ1v) is 15.0. The number of aromatic hydroxyl groups is 1. The molecule has 1 saturated heterocycles. The van der Waals surface area contributed by atoms with Crippen molar-refractivity contribution in [3.05, 3.63) is 87.8 Å². The number of hydrogen-bond donors (Lipinski definition) is 3. The maximum absolute atomic E-state index is 10.6. The van der Waals surface area contributed by atoms with Gasteiger partial charge in [0.15, 0.2) is 5.88 Å². The number of rotatable bonds is 7. The average Bonchev–Trinajstić information content (AvgIpc) is 3.59. The number of nitrogens with one attached hydrogen (secondary N) is 1. The second kappa shape index (κ2) is 14.3. The Balaban J connectivity index is 0.000000582. The Labute approximate surface area is 274 Å². The Bertz CT molecular complexity index is 1980. The number of ether oxygens (including phenoxy) is 3. The summed E-state index contributed by atoms with van der Waals surface area (Å²) in [5.74, 6) is -1.29. The summed E-state index contributed by atoms with van der Waals surface area (Å²) in [5, 5.41) is 29.1. The van der Waals surface area contributed by atoms with Crippen LogP contribution in [-0.2, 0) is 16.1 Å². The van der Waals surface area contributed by atoms with Crippen LogP contribution in [0.3, 0.4) is 0 Å². The quantitative estimate of drug-likeness (QED) is 0.225. The van der Waals surface area contributed by atoms with E-state index >= 15 is 0 Å². The number of H-pyrrole nitrogens is 1. The van der Waals surface area contributed by atoms with Gasteiger partial charge >= 0.3 is 12.1 Å². The minimum absolute atomic E-state index is 0.0876. The van der Waals surface area contributed by atoms with Gasteiger partial charge in [-0.05, 0) is 72.7 Å². The molecule has 4 aromatic rings. The fourth-order valence-electron chi connectivity index (χ4n) is 5.67. The zero-order valence-electron chi connectivity index (χ0n) is 26.7. The van der Waals surface area contributed by atoms with Crippen molar-refractivity contribution >= 4 is 40.4 Å². The molecular weight excluding hydrogens is 629 g/mol. The molecule has 1 aromatic heterocycles. The second-order valence-corrected chi connectivity index (χ2v) is 11.5. The number of aliphatic carboxylic acids is 1. The molecule has 3 N–H and O–H groups in total. The molecule has 0 radical (unpaired) electrons. The molecule has 2 aliphatic heterocycles. The van der Waals surface area contributed by atoms with Crippen LogP contribution in [0.15, 0.2) is 70.9 Å². The summed E-state index contributed by atoms with van der Waals surface area (Å²) in [5.41, 5.74) is 5.32. The van der Waals surface area contributed by atoms with E-state index in [2.05, 4.69) is 58.2 Å². The first kappa shape index (κ1) is 34.2. The Hall–Kier alpha value is -5.14. The third-order valence-electron chi connectivity index (χ3n) is 7.74. The van der Waals surface area contributed by atoms with E-state index in [1.807, 2.05) is 48.6 Å². The Morgan fingerprint density at radius 1 is 1.02 bits per heavy atom. The van der Waals surface area contributed by atoms with Crippen LogP contribution in [-0.4, -0.2) is 71.8 Å². The summed E-state index contributed by atoms with van der Waals surface area (Å²) >= 11 is 0. The summed E-state index contributed by atoms with van der Waals surface area (Å²) in [6.07, 6.45) is 1.36. The van der Waals surface area contributed by atoms with Crippen LogP contribution in [0.5, 0.6) is 17.4 Å². The molecule has 0 aliphatic carbocycles. The van der Waals surface area contributed by atoms with Gasteiger partial charge in [0.2, 0.25) is 0 Å². The van der Waals surface area contributed by atoms with Crippen molar-refractivity contribution in [2.45, 2.75) is 38.8 Å². The molecule has 13 heteroatoms. The smallest absolute Gasteiger partial charge is 0.490 e. The van der Waals surface area contributed by atoms with Crippen molar-refractivity contribution in [1.82, 2.24) is 9.88 Å². The van der Waals surface area contributed by atoms with Crippen LogP contribution in [0.1, 0.15) is 30.5 Å². The Kier molecular flexibility index (Phi) is 10.2. The van der Waals surface area contributed by atoms with E-state index in [0.29, 0.717) is 17.1 Å². The Morgan fingerprint density at radius 2 is 1.71 bits per heavy atom. The van der Waals surface area contributed by atoms with Crippen LogP contribution < -0.4 is 19.9 Å². The zero-order valence-corrected chi connectivity index (χ0v) is 26.7. The van der Waals surface area contributed by atoms with Gasteiger partial charge in [-0.1, -0.05) is 30.3 Å². The number of nitrogens with zero attached hydrogens (tertiary/aromatic N) is 3. The molecule has 3 heterocycles. The summed E-state index contributed by atoms with van der Waals surface area (Å²) in [4.78, 5) is 14.4. The highest BCUT2D eigenvalue weighted by Gasteiger charge is 2.38. The first-order chi connectivity index (χ1) is 22.8. The highest BCUT2D eigenvalue weighted by atomic mass is 19.4. The number of azo groups is 1. The fourth-order valence-corrected chi connectivity index (χ4v) is 5.67. The summed E-state index contributed by atoms with van der Waals surface area (Å²) in [6.45, 7) is 7.09. The van der Waals surface area contributed by atoms with E-state index in [-0.39, 0.29) is 18.1 Å². The van der Waals surface area contributed by atoms with Crippen LogP contribution in [0.2, 0.25) is 0 Å². The van der Waals surface area contributed by atoms with Gasteiger partial charge < -0.3 is 29.4 Å². The number of aromatic nitrogens is 1. The van der Waals surface area contributed by atoms with Crippen LogP contribution in [0.25, 0.3) is 28.8 Å². The number of carbonyl (C=O) groups is 1. The highest BCUT2D eigenvalue weighted by molar-refractivity contribution is 5.93. The highest BCUT2D eigenvalue weighted by Crippen LogP contribution is 2.31. The van der Waals surface area contributed by atoms with Crippen molar-refractivity contribution in [2.24, 2.45) is 10.2 Å². The molecule has 0 amide bonds. The molecule has 10 nitrogen and oxygen atoms in total. The molecule has 0 spiro atoms. The number of hydrogen-bond acceptors (Lipinski definition) is 8. The molecule has 2 aliphatic rings. The SMILES string of the molecule is COc1ccc2[nH]c(O)c(C=c3cc4c(c(OC)c3)=C(/C=C/c3ccc(CN5C[C@@H](C)O[C@@H](C)C5)cc3)N=N4)c2c1.O=C(O)C(F)(F)F. The molecule has 1 fully saturated rings. The lowest BCUT2D eigenvalue weighted by molar-refractivity contribution is -0.192. The lowest BCUT2D eigenvalue weighted by Gasteiger charge is -2.35. The average molecular weight is 665 g/mol. The molecule has 0 bridgehead atoms. The lowest BCUT2D eigenvalue weighted by Crippen LogP contribution is -2.44. The Morgan fingerprint density at radius 3 is 2.33 bits per heavy atom. The van der Waals surface area contributed by atoms with Gasteiger partial charge in [0.1, 0.15) is 11.5 Å². The van der Waals surface area contributed by atoms with Crippen LogP contribution in [0, 0.1) is 0 Å². The largest absolute Gasteiger partial charge is 0.497 e. The van der Waals surface area contributed by atoms with E-state index < -0.39 is 12.1 Å². The second-order valence-electron chi connectivity index (χ2n) is 11.5. The van der Waals surface area contributed by atoms with Crippen molar-refractivity contribution in [3.8, 4) is 17.4 Å². The molecule has 0 unspecified atom stereocenters. The minimum atomic E-state index is -5.08. The van der Waals surface area contributed by atoms with E-state index in [9.17, 15) is 18.3 Å². The number of fused-ring (bicyclic) bond motifs is 2. The molecular formula is C35H35F3N4O6. The monoisotopic (exact) mass is 664 g/mol. The van der Waals surface area contributed by atoms with Crippen molar-refractivity contribution in [1.29, 1.82) is 0 Å². The normalized spacial score (nSPS) is 18.2. The summed E-state index contributed by atoms with van der Waals surface area (Å²) < 4.78 is 48.7. The molecule has 48 heavy (non-hydrogen) atoms. The third kappa shape index (κ3) is 8.04. The van der Waals surface area contributed by atoms with E-state index in [4.69, 9.17) is 24.1 Å². The minimum Gasteiger partial charge on any atom is -0.497 e. The fraction of sp³-hybridized carbons (Fsp3) is 0.286. The molecule has 3 aromatic carbocycles. The van der Waals surface area contributed by atoms with E-state index in [0.717, 1.165) is 57.9 Å². The molecule has 6 rings (SSSR count). The predicted molar refractivity (Wildman–Crippen MR) is 175 cm³/mol. The molecule has 2 atom stereocenters. The summed E-state index contributed by atoms with van der Waals surface area (Å²) in [7, 11) is 3.26. The number of benzene rings is 3. The standard InChI is InChI=1S/C33H34N4O4.C2HF3O2/c1-20-17-37(18-21(2)41-20)19-23-7-5-22(6-8-23)9-11-29-32-30(36-35-29)14-24(15-31(32)40-4)13-27-26-16-25(39-3)10-12-28(26)34-33(27)38;3-2(4,5)1(6)7/h5-16,20-21,34,38H,17-19H2,1-4H3;(H,6,7)/b11-9+,24-13?;/t20-,21+;. The third-order valence-corrected chi connectivity index (χ3v) is 7.74. The number of aromatic amines is 1. The number of halogens is 3. The number of alkyl halides is 3. The van der Waals surface area contributed by atoms with Gasteiger partial charge in [0.25, 0.3) is 0 Å². The van der Waals surface area contributed by atoms with Crippen LogP contribution in [0.4, 0.5) is 18.9 Å². The van der Waals surface area contributed by atoms with Crippen LogP contribution >= 0.6 is 0 Å². The van der Waals surface area contributed by atoms with Gasteiger partial charge in [0, 0.05) is 36.1 Å². The van der Waals surface area contributed by atoms with E-state index in [1.54, 1.807) is 14.2 Å². The van der Waals surface area contributed by atoms with Crippen molar-refractivity contribution < 1.29 is 42.4 Å². The van der Waals surface area contributed by atoms with Gasteiger partial charge in [-0.2, -0.15) is 13.2 Å².